The van der Waals surface area contributed by atoms with Crippen LogP contribution in [0, 0.1) is 5.92 Å². The molecule has 2 aliphatic rings. The number of alkyl halides is 1. The summed E-state index contributed by atoms with van der Waals surface area (Å²) in [6.07, 6.45) is 11.5. The van der Waals surface area contributed by atoms with E-state index < -0.39 is 15.9 Å². The molecule has 5 heteroatoms. The largest absolute Gasteiger partial charge is 0.611 e. The quantitative estimate of drug-likeness (QED) is 0.369. The van der Waals surface area contributed by atoms with Gasteiger partial charge in [-0.05, 0) is 36.2 Å². The molecule has 1 aliphatic heterocycles. The van der Waals surface area contributed by atoms with E-state index in [0.29, 0.717) is 4.99 Å². The van der Waals surface area contributed by atoms with Gasteiger partial charge in [0, 0.05) is 13.0 Å². The van der Waals surface area contributed by atoms with E-state index in [2.05, 4.69) is 11.4 Å². The molecule has 98 valence electrons. The van der Waals surface area contributed by atoms with Crippen LogP contribution in [0.1, 0.15) is 12.8 Å². The predicted octanol–water partition coefficient (Wildman–Crippen LogP) is 2.68. The van der Waals surface area contributed by atoms with Gasteiger partial charge in [-0.3, -0.25) is 0 Å². The maximum absolute atomic E-state index is 12.5. The number of halogens is 1. The highest BCUT2D eigenvalue weighted by Crippen LogP contribution is 2.40. The van der Waals surface area contributed by atoms with Crippen LogP contribution in [0.25, 0.3) is 0 Å². The number of nitrogens with one attached hydrogen (secondary N) is 1. The van der Waals surface area contributed by atoms with Crippen molar-refractivity contribution in [3.63, 3.8) is 0 Å². The van der Waals surface area contributed by atoms with Crippen molar-refractivity contribution in [2.24, 2.45) is 5.92 Å². The van der Waals surface area contributed by atoms with Crippen LogP contribution in [-0.2, 0) is 11.2 Å². The van der Waals surface area contributed by atoms with Gasteiger partial charge >= 0.3 is 0 Å². The average Bonchev–Trinajstić information content (AvgIpc) is 2.40. The fourth-order valence-corrected chi connectivity index (χ4v) is 4.57. The third kappa shape index (κ3) is 2.39. The Bertz CT molecular complexity index is 421. The lowest BCUT2D eigenvalue weighted by molar-refractivity contribution is 0.489. The van der Waals surface area contributed by atoms with Gasteiger partial charge in [0.25, 0.3) is 0 Å². The molecule has 4 atom stereocenters. The number of thiocarbonyl (C=S) groups is 1. The highest BCUT2D eigenvalue weighted by Gasteiger charge is 2.50. The van der Waals surface area contributed by atoms with Crippen molar-refractivity contribution in [1.82, 2.24) is 5.32 Å². The van der Waals surface area contributed by atoms with Gasteiger partial charge in [-0.15, -0.1) is 11.6 Å². The summed E-state index contributed by atoms with van der Waals surface area (Å²) in [5, 5.41) is 4.79. The molecule has 2 unspecified atom stereocenters. The van der Waals surface area contributed by atoms with Crippen molar-refractivity contribution < 1.29 is 4.55 Å². The van der Waals surface area contributed by atoms with Crippen LogP contribution in [0.2, 0.25) is 0 Å². The Morgan fingerprint density at radius 1 is 1.44 bits per heavy atom. The molecule has 0 radical (unpaired) electrons. The van der Waals surface area contributed by atoms with Gasteiger partial charge in [0.2, 0.25) is 4.75 Å². The van der Waals surface area contributed by atoms with Crippen LogP contribution < -0.4 is 5.32 Å². The second-order valence-corrected chi connectivity index (χ2v) is 6.95. The summed E-state index contributed by atoms with van der Waals surface area (Å²) < 4.78 is 11.9. The first-order valence-corrected chi connectivity index (χ1v) is 7.98. The Labute approximate surface area is 121 Å². The van der Waals surface area contributed by atoms with Gasteiger partial charge < -0.3 is 9.87 Å². The number of hydrogen-bond donors (Lipinski definition) is 1. The van der Waals surface area contributed by atoms with E-state index >= 15 is 0 Å². The lowest BCUT2D eigenvalue weighted by atomic mass is 9.82. The van der Waals surface area contributed by atoms with Crippen LogP contribution in [-0.4, -0.2) is 26.7 Å². The van der Waals surface area contributed by atoms with E-state index in [9.17, 15) is 4.55 Å². The fraction of sp³-hybridized carbons (Fsp3) is 0.462. The van der Waals surface area contributed by atoms with E-state index in [-0.39, 0.29) is 11.3 Å². The third-order valence-corrected chi connectivity index (χ3v) is 6.18. The Morgan fingerprint density at radius 2 is 2.22 bits per heavy atom. The minimum absolute atomic E-state index is 0.0815. The maximum Gasteiger partial charge on any atom is 0.204 e. The summed E-state index contributed by atoms with van der Waals surface area (Å²) in [6.45, 7) is 0. The van der Waals surface area contributed by atoms with Gasteiger partial charge in [0.05, 0.1) is 5.38 Å². The molecule has 0 saturated heterocycles. The predicted molar refractivity (Wildman–Crippen MR) is 82.3 cm³/mol. The molecular weight excluding hydrogens is 286 g/mol. The minimum atomic E-state index is -1.14. The van der Waals surface area contributed by atoms with Crippen LogP contribution in [0.4, 0.5) is 0 Å². The highest BCUT2D eigenvalue weighted by molar-refractivity contribution is 7.98. The molecule has 0 saturated carbocycles. The van der Waals surface area contributed by atoms with Crippen molar-refractivity contribution in [1.29, 1.82) is 0 Å². The smallest absolute Gasteiger partial charge is 0.204 e. The van der Waals surface area contributed by atoms with Gasteiger partial charge in [-0.1, -0.05) is 30.4 Å². The zero-order valence-electron chi connectivity index (χ0n) is 10.1. The van der Waals surface area contributed by atoms with Crippen LogP contribution >= 0.6 is 23.8 Å². The van der Waals surface area contributed by atoms with Crippen LogP contribution in [0.5, 0.6) is 0 Å². The van der Waals surface area contributed by atoms with Crippen LogP contribution in [0.3, 0.4) is 0 Å². The summed E-state index contributed by atoms with van der Waals surface area (Å²) in [7, 11) is 1.78. The van der Waals surface area contributed by atoms with E-state index in [1.807, 2.05) is 24.3 Å². The Hall–Kier alpha value is -0.290. The van der Waals surface area contributed by atoms with Gasteiger partial charge in [0.15, 0.2) is 0 Å². The number of rotatable bonds is 2. The molecule has 0 fully saturated rings. The fourth-order valence-electron chi connectivity index (χ4n) is 2.44. The van der Waals surface area contributed by atoms with Crippen molar-refractivity contribution >= 4 is 40.0 Å². The second kappa shape index (κ2) is 5.78. The van der Waals surface area contributed by atoms with Crippen molar-refractivity contribution in [2.75, 3.05) is 7.05 Å². The molecule has 0 amide bonds. The highest BCUT2D eigenvalue weighted by atomic mass is 35.5. The first kappa shape index (κ1) is 14.1. The van der Waals surface area contributed by atoms with Crippen molar-refractivity contribution in [3.8, 4) is 0 Å². The normalized spacial score (nSPS) is 38.7. The molecule has 0 spiro atoms. The number of allylic oxidation sites excluding steroid dienone is 4. The zero-order valence-corrected chi connectivity index (χ0v) is 12.5. The third-order valence-electron chi connectivity index (χ3n) is 3.43. The molecular formula is C13H16ClNOS2. The molecule has 2 rings (SSSR count). The van der Waals surface area contributed by atoms with E-state index in [4.69, 9.17) is 23.8 Å². The molecule has 1 aliphatic carbocycles. The van der Waals surface area contributed by atoms with E-state index in [1.54, 1.807) is 12.5 Å². The SMILES string of the molecule is CNC(=S)[C@@]1(C2C=CC(Cl)CC2)C=CC=C[S@+]1[O-]. The lowest BCUT2D eigenvalue weighted by Gasteiger charge is -2.39. The van der Waals surface area contributed by atoms with Gasteiger partial charge in [-0.25, -0.2) is 0 Å². The molecule has 2 nitrogen and oxygen atoms in total. The molecule has 0 bridgehead atoms. The van der Waals surface area contributed by atoms with Crippen molar-refractivity contribution in [2.45, 2.75) is 23.0 Å². The zero-order chi connectivity index (χ0) is 13.2. The maximum atomic E-state index is 12.5. The molecule has 18 heavy (non-hydrogen) atoms. The van der Waals surface area contributed by atoms with Crippen LogP contribution in [0.15, 0.2) is 35.8 Å². The minimum Gasteiger partial charge on any atom is -0.611 e. The van der Waals surface area contributed by atoms with E-state index in [1.165, 1.54) is 0 Å². The Morgan fingerprint density at radius 3 is 2.78 bits per heavy atom. The molecule has 0 aromatic heterocycles. The number of hydrogen-bond acceptors (Lipinski definition) is 2. The topological polar surface area (TPSA) is 35.1 Å². The summed E-state index contributed by atoms with van der Waals surface area (Å²) in [5.74, 6) is 0.134. The van der Waals surface area contributed by atoms with Gasteiger partial charge in [-0.2, -0.15) is 0 Å². The second-order valence-electron chi connectivity index (χ2n) is 4.44. The van der Waals surface area contributed by atoms with Gasteiger partial charge in [0.1, 0.15) is 10.4 Å². The monoisotopic (exact) mass is 301 g/mol. The molecule has 0 aromatic rings. The van der Waals surface area contributed by atoms with Crippen molar-refractivity contribution in [3.05, 3.63) is 35.8 Å². The molecule has 1 N–H and O–H groups in total. The van der Waals surface area contributed by atoms with E-state index in [0.717, 1.165) is 12.8 Å². The summed E-state index contributed by atoms with van der Waals surface area (Å²) in [4.78, 5) is 0.629. The average molecular weight is 302 g/mol. The first-order chi connectivity index (χ1) is 8.61. The summed E-state index contributed by atoms with van der Waals surface area (Å²) in [5.41, 5.74) is 0. The summed E-state index contributed by atoms with van der Waals surface area (Å²) >= 11 is 10.4. The lowest BCUT2D eigenvalue weighted by Crippen LogP contribution is -2.54. The summed E-state index contributed by atoms with van der Waals surface area (Å²) in [6, 6.07) is 0. The Kier molecular flexibility index (Phi) is 4.54. The Balaban J connectivity index is 2.37. The standard InChI is InChI=1S/C13H16ClNOS2/c1-15-12(17)13(8-2-3-9-18(13)16)10-4-6-11(14)7-5-10/h2-4,6,8-11H,5,7H2,1H3,(H,15,17)/t10?,11?,13-,18-/m0/s1. The first-order valence-electron chi connectivity index (χ1n) is 5.92. The molecule has 0 aromatic carbocycles. The molecule has 1 heterocycles.